The number of hydrogen-bond acceptors (Lipinski definition) is 6. The number of pyridine rings is 1. The molecule has 0 saturated heterocycles. The summed E-state index contributed by atoms with van der Waals surface area (Å²) in [4.78, 5) is 0. The van der Waals surface area contributed by atoms with Crippen molar-refractivity contribution in [2.45, 2.75) is 473 Å². The smallest absolute Gasteiger partial charge is 0.488 e. The monoisotopic (exact) mass is 1600 g/mol. The molecule has 116 heavy (non-hydrogen) atoms. The predicted molar refractivity (Wildman–Crippen MR) is 510 cm³/mol. The lowest BCUT2D eigenvalue weighted by molar-refractivity contribution is -0.691. The van der Waals surface area contributed by atoms with Crippen molar-refractivity contribution in [2.24, 2.45) is 23.7 Å². The van der Waals surface area contributed by atoms with Crippen molar-refractivity contribution in [2.75, 3.05) is 26.4 Å². The van der Waals surface area contributed by atoms with Gasteiger partial charge in [0.15, 0.2) is 29.5 Å². The Bertz CT molecular complexity index is 2740. The number of unbranched alkanes of at least 4 members (excludes halogenated alkanes) is 48. The molecule has 0 bridgehead atoms. The summed E-state index contributed by atoms with van der Waals surface area (Å²) in [5.41, 5.74) is 5.86. The molecule has 0 aliphatic heterocycles. The minimum atomic E-state index is -1.53. The van der Waals surface area contributed by atoms with Gasteiger partial charge in [0.25, 0.3) is 0 Å². The molecular formula is C108H185BNO6+. The summed E-state index contributed by atoms with van der Waals surface area (Å²) in [7, 11) is -1.53. The van der Waals surface area contributed by atoms with Gasteiger partial charge >= 0.3 is 7.12 Å². The summed E-state index contributed by atoms with van der Waals surface area (Å²) in [5, 5.41) is 20.4. The number of nitrogens with zero attached hydrogens (tertiary/aromatic N) is 1. The molecule has 0 spiro atoms. The Balaban J connectivity index is 1.80. The predicted octanol–water partition coefficient (Wildman–Crippen LogP) is 33.1. The van der Waals surface area contributed by atoms with E-state index in [-0.39, 0.29) is 0 Å². The maximum atomic E-state index is 10.2. The average Bonchev–Trinajstić information content (AvgIpc) is 0.816. The Labute approximate surface area is 719 Å². The van der Waals surface area contributed by atoms with Crippen LogP contribution in [0.25, 0.3) is 24.3 Å². The standard InChI is InChI=1S/C108H185BNO6/c1-9-17-25-33-41-45-53-61-68-98(66-57-49-37-29-21-13-5)91-113-105-86-80-95(88-107(105)115-93-100(70-59-51-39-31-23-15-7)72-63-55-47-43-35-27-19-11-3)78-84-103-74-65-75-104(110(103)90-97-76-82-102(83-77-97)109(111)112)85-79-96-81-87-106(114-92-99(67-58-50-38-30-22-14-6)69-62-54-46-42-34-26-18-10-2)108(89-96)116-94-101(71-60-52-40-32-24-16-8)73-64-56-48-44-36-28-20-12-4/h65,74-89,98-101,111-112H,9-64,66-73,90-94H2,1-8H3/q+1/b84-78+,85-79+. The first-order chi connectivity index (χ1) is 57.2. The van der Waals surface area contributed by atoms with Crippen molar-refractivity contribution in [3.05, 3.63) is 107 Å². The van der Waals surface area contributed by atoms with Gasteiger partial charge in [-0.3, -0.25) is 0 Å². The molecule has 2 N–H and O–H groups in total. The van der Waals surface area contributed by atoms with E-state index in [1.54, 1.807) is 0 Å². The Kier molecular flexibility index (Phi) is 66.5. The average molecular weight is 1600 g/mol. The van der Waals surface area contributed by atoms with Gasteiger partial charge in [0.1, 0.15) is 0 Å². The molecular weight excluding hydrogens is 1420 g/mol. The number of rotatable bonds is 83. The van der Waals surface area contributed by atoms with Crippen molar-refractivity contribution in [3.63, 3.8) is 0 Å². The lowest BCUT2D eigenvalue weighted by Crippen LogP contribution is -2.41. The van der Waals surface area contributed by atoms with Crippen LogP contribution in [-0.4, -0.2) is 43.6 Å². The van der Waals surface area contributed by atoms with Gasteiger partial charge < -0.3 is 29.0 Å². The molecule has 660 valence electrons. The van der Waals surface area contributed by atoms with E-state index in [1.807, 2.05) is 24.3 Å². The van der Waals surface area contributed by atoms with Crippen LogP contribution in [0.5, 0.6) is 23.0 Å². The van der Waals surface area contributed by atoms with Gasteiger partial charge in [0.05, 0.1) is 26.4 Å². The number of ether oxygens (including phenoxy) is 4. The minimum absolute atomic E-state index is 0.486. The van der Waals surface area contributed by atoms with E-state index in [0.717, 1.165) is 77.5 Å². The first-order valence-corrected chi connectivity index (χ1v) is 50.8. The fourth-order valence-electron chi connectivity index (χ4n) is 17.3. The zero-order valence-electron chi connectivity index (χ0n) is 77.5. The molecule has 0 saturated carbocycles. The van der Waals surface area contributed by atoms with Crippen LogP contribution in [0.2, 0.25) is 0 Å². The maximum absolute atomic E-state index is 10.2. The third kappa shape index (κ3) is 53.3. The zero-order valence-corrected chi connectivity index (χ0v) is 77.5. The molecule has 4 rings (SSSR count). The van der Waals surface area contributed by atoms with Crippen molar-refractivity contribution < 1.29 is 33.6 Å². The maximum Gasteiger partial charge on any atom is 0.488 e. The fourth-order valence-corrected chi connectivity index (χ4v) is 17.3. The molecule has 0 aliphatic carbocycles. The largest absolute Gasteiger partial charge is 0.489 e. The summed E-state index contributed by atoms with van der Waals surface area (Å²) in [6, 6.07) is 27.8. The van der Waals surface area contributed by atoms with Gasteiger partial charge in [0, 0.05) is 29.8 Å². The lowest BCUT2D eigenvalue weighted by Gasteiger charge is -2.22. The molecule has 4 aromatic rings. The second-order valence-electron chi connectivity index (χ2n) is 36.1. The van der Waals surface area contributed by atoms with Gasteiger partial charge in [-0.25, -0.2) is 0 Å². The Morgan fingerprint density at radius 3 is 0.716 bits per heavy atom. The first kappa shape index (κ1) is 104. The molecule has 1 aromatic heterocycles. The van der Waals surface area contributed by atoms with Crippen LogP contribution in [0.4, 0.5) is 0 Å². The number of hydrogen-bond donors (Lipinski definition) is 2. The number of benzene rings is 3. The Hall–Kier alpha value is -4.53. The van der Waals surface area contributed by atoms with Crippen LogP contribution < -0.4 is 29.0 Å². The first-order valence-electron chi connectivity index (χ1n) is 50.8. The minimum Gasteiger partial charge on any atom is -0.489 e. The quantitative estimate of drug-likeness (QED) is 0.0260. The Morgan fingerprint density at radius 2 is 0.483 bits per heavy atom. The van der Waals surface area contributed by atoms with Crippen molar-refractivity contribution in [3.8, 4) is 23.0 Å². The van der Waals surface area contributed by atoms with Gasteiger partial charge in [0.2, 0.25) is 11.4 Å². The van der Waals surface area contributed by atoms with Gasteiger partial charge in [-0.15, -0.1) is 0 Å². The van der Waals surface area contributed by atoms with E-state index < -0.39 is 7.12 Å². The summed E-state index contributed by atoms with van der Waals surface area (Å²) >= 11 is 0. The molecule has 4 atom stereocenters. The molecule has 0 aliphatic rings. The molecule has 0 amide bonds. The van der Waals surface area contributed by atoms with Crippen LogP contribution in [0.3, 0.4) is 0 Å². The number of aromatic nitrogens is 1. The molecule has 3 aromatic carbocycles. The van der Waals surface area contributed by atoms with Crippen LogP contribution in [0.15, 0.2) is 78.9 Å². The third-order valence-electron chi connectivity index (χ3n) is 25.2. The molecule has 8 heteroatoms. The van der Waals surface area contributed by atoms with E-state index in [4.69, 9.17) is 18.9 Å². The van der Waals surface area contributed by atoms with Crippen LogP contribution in [-0.2, 0) is 6.54 Å². The highest BCUT2D eigenvalue weighted by Gasteiger charge is 2.22. The normalized spacial score (nSPS) is 12.8. The van der Waals surface area contributed by atoms with Gasteiger partial charge in [-0.2, -0.15) is 4.57 Å². The fraction of sp³-hybridized carbons (Fsp3) is 0.750. The third-order valence-corrected chi connectivity index (χ3v) is 25.2. The molecule has 4 unspecified atom stereocenters. The topological polar surface area (TPSA) is 81.3 Å². The van der Waals surface area contributed by atoms with Crippen molar-refractivity contribution in [1.82, 2.24) is 0 Å². The second-order valence-corrected chi connectivity index (χ2v) is 36.1. The molecule has 0 radical (unpaired) electrons. The molecule has 0 fully saturated rings. The highest BCUT2D eigenvalue weighted by atomic mass is 16.5. The van der Waals surface area contributed by atoms with Crippen LogP contribution in [0, 0.1) is 23.7 Å². The van der Waals surface area contributed by atoms with Gasteiger partial charge in [-0.05, 0) is 134 Å². The van der Waals surface area contributed by atoms with Crippen LogP contribution in [0.1, 0.15) is 494 Å². The van der Waals surface area contributed by atoms with Crippen molar-refractivity contribution in [1.29, 1.82) is 0 Å². The van der Waals surface area contributed by atoms with E-state index in [1.165, 1.54) is 411 Å². The molecule has 1 heterocycles. The summed E-state index contributed by atoms with van der Waals surface area (Å²) in [6.07, 6.45) is 93.5. The lowest BCUT2D eigenvalue weighted by atomic mass is 9.80. The highest BCUT2D eigenvalue weighted by Crippen LogP contribution is 2.36. The summed E-state index contributed by atoms with van der Waals surface area (Å²) in [5.74, 6) is 5.61. The molecule has 7 nitrogen and oxygen atoms in total. The van der Waals surface area contributed by atoms with Gasteiger partial charge in [-0.1, -0.05) is 451 Å². The zero-order chi connectivity index (χ0) is 82.9. The Morgan fingerprint density at radius 1 is 0.259 bits per heavy atom. The van der Waals surface area contributed by atoms with Crippen LogP contribution >= 0.6 is 0 Å². The summed E-state index contributed by atoms with van der Waals surface area (Å²) < 4.78 is 31.1. The van der Waals surface area contributed by atoms with Crippen molar-refractivity contribution >= 4 is 36.9 Å². The van der Waals surface area contributed by atoms with E-state index in [0.29, 0.717) is 35.7 Å². The SMILES string of the molecule is CCCCCCCCCCC(CCCCCCCC)COc1ccc(/C=C/c2cccc(/C=C/c3ccc(OCC(CCCCCCCC)CCCCCCCCCC)c(OCC(CCCCCCCC)CCCCCCCCCC)c3)[n+]2Cc2ccc(B(O)O)cc2)cc1OCC(CCCCCCCC)CCCCCCCCCC. The van der Waals surface area contributed by atoms with E-state index in [2.05, 4.69) is 139 Å². The summed E-state index contributed by atoms with van der Waals surface area (Å²) in [6.45, 7) is 22.1. The highest BCUT2D eigenvalue weighted by molar-refractivity contribution is 6.58. The second kappa shape index (κ2) is 74.3. The van der Waals surface area contributed by atoms with E-state index in [9.17, 15) is 10.0 Å². The van der Waals surface area contributed by atoms with E-state index >= 15 is 0 Å².